The lowest BCUT2D eigenvalue weighted by Crippen LogP contribution is -2.41. The number of carbonyl (C=O) groups is 2. The van der Waals surface area contributed by atoms with Crippen molar-refractivity contribution in [3.8, 4) is 5.69 Å². The molecule has 7 heteroatoms. The molecule has 0 bridgehead atoms. The number of rotatable bonds is 5. The summed E-state index contributed by atoms with van der Waals surface area (Å²) in [4.78, 5) is 24.5. The first kappa shape index (κ1) is 16.5. The van der Waals surface area contributed by atoms with Crippen LogP contribution in [0.15, 0.2) is 59.4 Å². The largest absolute Gasteiger partial charge is 0.360 e. The van der Waals surface area contributed by atoms with Crippen molar-refractivity contribution >= 4 is 17.6 Å². The van der Waals surface area contributed by atoms with Crippen molar-refractivity contribution in [3.63, 3.8) is 0 Å². The van der Waals surface area contributed by atoms with Crippen LogP contribution in [0.2, 0.25) is 0 Å². The number of carbonyl (C=O) groups excluding carboxylic acids is 2. The fraction of sp³-hybridized carbons (Fsp3) is 0.167. The van der Waals surface area contributed by atoms with E-state index in [4.69, 9.17) is 4.52 Å². The van der Waals surface area contributed by atoms with Crippen LogP contribution in [0.1, 0.15) is 23.0 Å². The van der Waals surface area contributed by atoms with Crippen LogP contribution in [0.4, 0.5) is 5.82 Å². The molecule has 2 heterocycles. The van der Waals surface area contributed by atoms with Crippen LogP contribution in [0.5, 0.6) is 0 Å². The number of aromatic nitrogens is 2. The molecule has 0 radical (unpaired) electrons. The highest BCUT2D eigenvalue weighted by Crippen LogP contribution is 2.12. The molecule has 128 valence electrons. The van der Waals surface area contributed by atoms with E-state index >= 15 is 0 Å². The monoisotopic (exact) mass is 338 g/mol. The summed E-state index contributed by atoms with van der Waals surface area (Å²) in [6.45, 7) is 3.33. The first-order valence-electron chi connectivity index (χ1n) is 7.81. The van der Waals surface area contributed by atoms with Gasteiger partial charge in [0.05, 0.1) is 0 Å². The maximum absolute atomic E-state index is 12.4. The van der Waals surface area contributed by atoms with E-state index in [2.05, 4.69) is 15.8 Å². The second kappa shape index (κ2) is 7.04. The Hall–Kier alpha value is -3.35. The second-order valence-electron chi connectivity index (χ2n) is 5.65. The van der Waals surface area contributed by atoms with E-state index < -0.39 is 6.04 Å². The molecule has 25 heavy (non-hydrogen) atoms. The molecule has 0 fully saturated rings. The maximum atomic E-state index is 12.4. The molecular formula is C18H18N4O3. The number of nitrogens with zero attached hydrogens (tertiary/aromatic N) is 2. The molecular weight excluding hydrogens is 320 g/mol. The fourth-order valence-corrected chi connectivity index (χ4v) is 2.32. The van der Waals surface area contributed by atoms with Crippen LogP contribution >= 0.6 is 0 Å². The zero-order chi connectivity index (χ0) is 17.8. The van der Waals surface area contributed by atoms with Gasteiger partial charge in [-0.3, -0.25) is 9.59 Å². The van der Waals surface area contributed by atoms with Gasteiger partial charge in [-0.1, -0.05) is 11.2 Å². The third-order valence-electron chi connectivity index (χ3n) is 3.63. The minimum absolute atomic E-state index is 0.318. The predicted octanol–water partition coefficient (Wildman–Crippen LogP) is 2.53. The zero-order valence-electron chi connectivity index (χ0n) is 13.9. The first-order chi connectivity index (χ1) is 12.0. The summed E-state index contributed by atoms with van der Waals surface area (Å²) in [5.74, 6) is 0.211. The van der Waals surface area contributed by atoms with Crippen molar-refractivity contribution < 1.29 is 14.1 Å². The molecule has 0 spiro atoms. The van der Waals surface area contributed by atoms with Gasteiger partial charge in [0.15, 0.2) is 5.82 Å². The predicted molar refractivity (Wildman–Crippen MR) is 92.6 cm³/mol. The molecule has 2 amide bonds. The Morgan fingerprint density at radius 3 is 2.60 bits per heavy atom. The van der Waals surface area contributed by atoms with E-state index in [-0.39, 0.29) is 11.8 Å². The molecule has 3 aromatic rings. The van der Waals surface area contributed by atoms with Gasteiger partial charge in [0.1, 0.15) is 11.8 Å². The van der Waals surface area contributed by atoms with Gasteiger partial charge < -0.3 is 19.7 Å². The maximum Gasteiger partial charge on any atom is 0.251 e. The minimum atomic E-state index is -0.722. The van der Waals surface area contributed by atoms with E-state index in [0.717, 1.165) is 5.69 Å². The Morgan fingerprint density at radius 2 is 1.92 bits per heavy atom. The highest BCUT2D eigenvalue weighted by atomic mass is 16.5. The smallest absolute Gasteiger partial charge is 0.251 e. The van der Waals surface area contributed by atoms with Crippen molar-refractivity contribution in [1.82, 2.24) is 15.0 Å². The van der Waals surface area contributed by atoms with Crippen LogP contribution in [-0.2, 0) is 4.79 Å². The summed E-state index contributed by atoms with van der Waals surface area (Å²) in [5.41, 5.74) is 1.34. The van der Waals surface area contributed by atoms with E-state index in [1.54, 1.807) is 38.1 Å². The van der Waals surface area contributed by atoms with Crippen LogP contribution in [0, 0.1) is 6.92 Å². The Kier molecular flexibility index (Phi) is 4.65. The number of aryl methyl sites for hydroxylation is 1. The first-order valence-corrected chi connectivity index (χ1v) is 7.81. The van der Waals surface area contributed by atoms with Gasteiger partial charge in [0, 0.05) is 29.7 Å². The van der Waals surface area contributed by atoms with Gasteiger partial charge in [-0.15, -0.1) is 0 Å². The molecule has 0 saturated heterocycles. The van der Waals surface area contributed by atoms with E-state index in [9.17, 15) is 9.59 Å². The molecule has 1 aromatic carbocycles. The van der Waals surface area contributed by atoms with Crippen molar-refractivity contribution in [2.45, 2.75) is 19.9 Å². The van der Waals surface area contributed by atoms with Gasteiger partial charge in [-0.05, 0) is 44.2 Å². The topological polar surface area (TPSA) is 89.2 Å². The lowest BCUT2D eigenvalue weighted by molar-refractivity contribution is -0.117. The van der Waals surface area contributed by atoms with Gasteiger partial charge in [0.25, 0.3) is 5.91 Å². The zero-order valence-corrected chi connectivity index (χ0v) is 13.9. The molecule has 0 aliphatic heterocycles. The molecule has 1 atom stereocenters. The van der Waals surface area contributed by atoms with Crippen LogP contribution < -0.4 is 10.6 Å². The van der Waals surface area contributed by atoms with Gasteiger partial charge in [0.2, 0.25) is 5.91 Å². The van der Waals surface area contributed by atoms with Crippen molar-refractivity contribution in [3.05, 3.63) is 66.2 Å². The summed E-state index contributed by atoms with van der Waals surface area (Å²) in [5, 5.41) is 8.96. The molecule has 0 aliphatic carbocycles. The average molecular weight is 338 g/mol. The quantitative estimate of drug-likeness (QED) is 0.748. The minimum Gasteiger partial charge on any atom is -0.360 e. The Morgan fingerprint density at radius 1 is 1.16 bits per heavy atom. The van der Waals surface area contributed by atoms with Crippen molar-refractivity contribution in [2.24, 2.45) is 0 Å². The number of nitrogens with one attached hydrogen (secondary N) is 2. The Bertz CT molecular complexity index is 883. The van der Waals surface area contributed by atoms with Crippen molar-refractivity contribution in [2.75, 3.05) is 5.32 Å². The lowest BCUT2D eigenvalue weighted by Gasteiger charge is -2.13. The summed E-state index contributed by atoms with van der Waals surface area (Å²) in [6, 6.07) is 11.9. The number of hydrogen-bond acceptors (Lipinski definition) is 4. The third kappa shape index (κ3) is 3.95. The molecule has 3 rings (SSSR count). The molecule has 2 N–H and O–H groups in total. The van der Waals surface area contributed by atoms with E-state index in [1.807, 2.05) is 35.2 Å². The van der Waals surface area contributed by atoms with Crippen LogP contribution in [0.3, 0.4) is 0 Å². The number of benzene rings is 1. The highest BCUT2D eigenvalue weighted by molar-refractivity contribution is 6.00. The SMILES string of the molecule is Cc1cc(NC(=O)[C@H](C)NC(=O)c2cccc(-n3cccc3)c2)no1. The highest BCUT2D eigenvalue weighted by Gasteiger charge is 2.18. The van der Waals surface area contributed by atoms with Gasteiger partial charge in [-0.2, -0.15) is 0 Å². The molecule has 0 saturated carbocycles. The lowest BCUT2D eigenvalue weighted by atomic mass is 10.1. The fourth-order valence-electron chi connectivity index (χ4n) is 2.32. The van der Waals surface area contributed by atoms with E-state index in [0.29, 0.717) is 17.1 Å². The molecule has 7 nitrogen and oxygen atoms in total. The number of amides is 2. The second-order valence-corrected chi connectivity index (χ2v) is 5.65. The molecule has 0 aliphatic rings. The van der Waals surface area contributed by atoms with Crippen molar-refractivity contribution in [1.29, 1.82) is 0 Å². The molecule has 0 unspecified atom stereocenters. The van der Waals surface area contributed by atoms with E-state index in [1.165, 1.54) is 0 Å². The number of hydrogen-bond donors (Lipinski definition) is 2. The van der Waals surface area contributed by atoms with Crippen LogP contribution in [-0.4, -0.2) is 27.6 Å². The van der Waals surface area contributed by atoms with Gasteiger partial charge >= 0.3 is 0 Å². The Balaban J connectivity index is 1.65. The summed E-state index contributed by atoms with van der Waals surface area (Å²) in [6.07, 6.45) is 3.79. The van der Waals surface area contributed by atoms with Crippen LogP contribution in [0.25, 0.3) is 5.69 Å². The summed E-state index contributed by atoms with van der Waals surface area (Å²) >= 11 is 0. The normalized spacial score (nSPS) is 11.8. The number of anilines is 1. The molecule has 2 aromatic heterocycles. The summed E-state index contributed by atoms with van der Waals surface area (Å²) < 4.78 is 6.79. The standard InChI is InChI=1S/C18H18N4O3/c1-12-10-16(21-25-12)20-17(23)13(2)19-18(24)14-6-5-7-15(11-14)22-8-3-4-9-22/h3-11,13H,1-2H3,(H,19,24)(H,20,21,23)/t13-/m0/s1. The average Bonchev–Trinajstić information content (AvgIpc) is 3.27. The summed E-state index contributed by atoms with van der Waals surface area (Å²) in [7, 11) is 0. The van der Waals surface area contributed by atoms with Gasteiger partial charge in [-0.25, -0.2) is 0 Å². The Labute approximate surface area is 144 Å². The third-order valence-corrected chi connectivity index (χ3v) is 3.63.